The number of ether oxygens (including phenoxy) is 1. The molecule has 1 amide bonds. The van der Waals surface area contributed by atoms with E-state index in [4.69, 9.17) is 10.5 Å². The van der Waals surface area contributed by atoms with Crippen LogP contribution in [-0.2, 0) is 11.2 Å². The molecule has 2 atom stereocenters. The normalized spacial score (nSPS) is 22.8. The molecule has 4 nitrogen and oxygen atoms in total. The van der Waals surface area contributed by atoms with Gasteiger partial charge in [-0.05, 0) is 62.3 Å². The van der Waals surface area contributed by atoms with Gasteiger partial charge in [0.2, 0.25) is 0 Å². The molecule has 1 heterocycles. The van der Waals surface area contributed by atoms with E-state index >= 15 is 0 Å². The summed E-state index contributed by atoms with van der Waals surface area (Å²) in [7, 11) is 0. The maximum Gasteiger partial charge on any atom is 0.263 e. The van der Waals surface area contributed by atoms with Gasteiger partial charge in [0.15, 0.2) is 6.10 Å². The molecule has 1 aromatic carbocycles. The maximum absolute atomic E-state index is 12.3. The lowest BCUT2D eigenvalue weighted by Gasteiger charge is -2.25. The molecule has 1 saturated heterocycles. The van der Waals surface area contributed by atoms with Crippen molar-refractivity contribution in [3.63, 3.8) is 0 Å². The minimum atomic E-state index is -0.430. The van der Waals surface area contributed by atoms with E-state index < -0.39 is 6.10 Å². The number of carbonyl (C=O) groups excluding carboxylic acids is 1. The first-order valence-corrected chi connectivity index (χ1v) is 7.99. The lowest BCUT2D eigenvalue weighted by molar-refractivity contribution is -0.136. The van der Waals surface area contributed by atoms with Gasteiger partial charge >= 0.3 is 0 Å². The van der Waals surface area contributed by atoms with Gasteiger partial charge in [-0.15, -0.1) is 0 Å². The maximum atomic E-state index is 12.3. The second-order valence-corrected chi connectivity index (χ2v) is 6.15. The monoisotopic (exact) mass is 288 g/mol. The number of likely N-dealkylation sites (tertiary alicyclic amines) is 1. The molecule has 21 heavy (non-hydrogen) atoms. The van der Waals surface area contributed by atoms with Crippen LogP contribution in [-0.4, -0.2) is 30.0 Å². The minimum absolute atomic E-state index is 0.0921. The molecule has 1 aliphatic heterocycles. The highest BCUT2D eigenvalue weighted by atomic mass is 16.5. The van der Waals surface area contributed by atoms with Crippen LogP contribution in [0.3, 0.4) is 0 Å². The number of benzene rings is 1. The van der Waals surface area contributed by atoms with Gasteiger partial charge in [0.05, 0.1) is 0 Å². The molecule has 2 N–H and O–H groups in total. The molecule has 4 heteroatoms. The topological polar surface area (TPSA) is 55.6 Å². The quantitative estimate of drug-likeness (QED) is 0.929. The van der Waals surface area contributed by atoms with Crippen molar-refractivity contribution in [2.24, 2.45) is 5.73 Å². The molecule has 1 fully saturated rings. The summed E-state index contributed by atoms with van der Waals surface area (Å²) in [4.78, 5) is 14.2. The summed E-state index contributed by atoms with van der Waals surface area (Å²) < 4.78 is 5.86. The van der Waals surface area contributed by atoms with Crippen LogP contribution >= 0.6 is 0 Å². The number of fused-ring (bicyclic) bond motifs is 1. The molecule has 1 unspecified atom stereocenters. The van der Waals surface area contributed by atoms with E-state index in [9.17, 15) is 4.79 Å². The Hall–Kier alpha value is -1.55. The number of rotatable bonds is 3. The molecule has 0 saturated carbocycles. The predicted molar refractivity (Wildman–Crippen MR) is 82.2 cm³/mol. The van der Waals surface area contributed by atoms with Crippen LogP contribution in [0.25, 0.3) is 0 Å². The minimum Gasteiger partial charge on any atom is -0.481 e. The van der Waals surface area contributed by atoms with Crippen molar-refractivity contribution in [3.05, 3.63) is 29.3 Å². The number of nitrogens with zero attached hydrogens (tertiary/aromatic N) is 1. The van der Waals surface area contributed by atoms with E-state index in [2.05, 4.69) is 6.07 Å². The second-order valence-electron chi connectivity index (χ2n) is 6.15. The highest BCUT2D eigenvalue weighted by molar-refractivity contribution is 5.81. The van der Waals surface area contributed by atoms with Gasteiger partial charge in [0, 0.05) is 19.1 Å². The van der Waals surface area contributed by atoms with Gasteiger partial charge in [0.1, 0.15) is 5.75 Å². The van der Waals surface area contributed by atoms with Crippen molar-refractivity contribution in [1.82, 2.24) is 4.90 Å². The van der Waals surface area contributed by atoms with Gasteiger partial charge in [-0.25, -0.2) is 0 Å². The Morgan fingerprint density at radius 3 is 2.86 bits per heavy atom. The fourth-order valence-corrected chi connectivity index (χ4v) is 3.34. The van der Waals surface area contributed by atoms with Crippen LogP contribution < -0.4 is 10.5 Å². The van der Waals surface area contributed by atoms with Crippen LogP contribution in [0.4, 0.5) is 0 Å². The summed E-state index contributed by atoms with van der Waals surface area (Å²) in [6.45, 7) is 3.56. The summed E-state index contributed by atoms with van der Waals surface area (Å²) in [6, 6.07) is 6.18. The SMILES string of the molecule is CC(Oc1ccc2c(c1)[C@H](N)CCC2)C(=O)N1CCCC1. The number of amides is 1. The predicted octanol–water partition coefficient (Wildman–Crippen LogP) is 2.41. The van der Waals surface area contributed by atoms with E-state index in [1.165, 1.54) is 11.1 Å². The molecule has 0 aromatic heterocycles. The van der Waals surface area contributed by atoms with Gasteiger partial charge in [-0.3, -0.25) is 4.79 Å². The average molecular weight is 288 g/mol. The highest BCUT2D eigenvalue weighted by Gasteiger charge is 2.25. The van der Waals surface area contributed by atoms with Crippen molar-refractivity contribution in [1.29, 1.82) is 0 Å². The summed E-state index contributed by atoms with van der Waals surface area (Å²) in [5, 5.41) is 0. The zero-order valence-electron chi connectivity index (χ0n) is 12.7. The fraction of sp³-hybridized carbons (Fsp3) is 0.588. The zero-order valence-corrected chi connectivity index (χ0v) is 12.7. The molecule has 0 radical (unpaired) electrons. The summed E-state index contributed by atoms with van der Waals surface area (Å²) in [5.74, 6) is 0.848. The Balaban J connectivity index is 1.69. The van der Waals surface area contributed by atoms with E-state index in [1.807, 2.05) is 24.0 Å². The molecule has 1 aliphatic carbocycles. The molecule has 2 aliphatic rings. The Morgan fingerprint density at radius 2 is 2.10 bits per heavy atom. The van der Waals surface area contributed by atoms with E-state index in [-0.39, 0.29) is 11.9 Å². The molecule has 3 rings (SSSR count). The molecular formula is C17H24N2O2. The molecule has 0 spiro atoms. The zero-order chi connectivity index (χ0) is 14.8. The van der Waals surface area contributed by atoms with Crippen LogP contribution in [0, 0.1) is 0 Å². The standard InChI is InChI=1S/C17H24N2O2/c1-12(17(20)19-9-2-3-10-19)21-14-8-7-13-5-4-6-16(18)15(13)11-14/h7-8,11-12,16H,2-6,9-10,18H2,1H3/t12?,16-/m1/s1. The van der Waals surface area contributed by atoms with Crippen LogP contribution in [0.15, 0.2) is 18.2 Å². The number of carbonyl (C=O) groups is 1. The van der Waals surface area contributed by atoms with Crippen molar-refractivity contribution >= 4 is 5.91 Å². The number of hydrogen-bond donors (Lipinski definition) is 1. The lowest BCUT2D eigenvalue weighted by Crippen LogP contribution is -2.38. The van der Waals surface area contributed by atoms with Crippen molar-refractivity contribution in [2.75, 3.05) is 13.1 Å². The first kappa shape index (κ1) is 14.4. The van der Waals surface area contributed by atoms with Gasteiger partial charge in [0.25, 0.3) is 5.91 Å². The summed E-state index contributed by atoms with van der Waals surface area (Å²) >= 11 is 0. The number of nitrogens with two attached hydrogens (primary N) is 1. The van der Waals surface area contributed by atoms with E-state index in [0.29, 0.717) is 0 Å². The van der Waals surface area contributed by atoms with Crippen LogP contribution in [0.5, 0.6) is 5.75 Å². The van der Waals surface area contributed by atoms with Crippen molar-refractivity contribution < 1.29 is 9.53 Å². The first-order chi connectivity index (χ1) is 10.1. The third-order valence-corrected chi connectivity index (χ3v) is 4.56. The Labute approximate surface area is 126 Å². The fourth-order valence-electron chi connectivity index (χ4n) is 3.34. The van der Waals surface area contributed by atoms with Crippen molar-refractivity contribution in [2.45, 2.75) is 51.2 Å². The number of hydrogen-bond acceptors (Lipinski definition) is 3. The average Bonchev–Trinajstić information content (AvgIpc) is 3.01. The van der Waals surface area contributed by atoms with E-state index in [0.717, 1.165) is 50.9 Å². The third kappa shape index (κ3) is 3.05. The summed E-state index contributed by atoms with van der Waals surface area (Å²) in [5.41, 5.74) is 8.67. The largest absolute Gasteiger partial charge is 0.481 e. The lowest BCUT2D eigenvalue weighted by atomic mass is 9.88. The Kier molecular flexibility index (Phi) is 4.15. The third-order valence-electron chi connectivity index (χ3n) is 4.56. The first-order valence-electron chi connectivity index (χ1n) is 7.99. The second kappa shape index (κ2) is 6.06. The molecule has 114 valence electrons. The van der Waals surface area contributed by atoms with Gasteiger partial charge in [-0.2, -0.15) is 0 Å². The Morgan fingerprint density at radius 1 is 1.33 bits per heavy atom. The Bertz CT molecular complexity index is 524. The van der Waals surface area contributed by atoms with Crippen molar-refractivity contribution in [3.8, 4) is 5.75 Å². The highest BCUT2D eigenvalue weighted by Crippen LogP contribution is 2.31. The van der Waals surface area contributed by atoms with E-state index in [1.54, 1.807) is 0 Å². The van der Waals surface area contributed by atoms with Gasteiger partial charge < -0.3 is 15.4 Å². The van der Waals surface area contributed by atoms with Gasteiger partial charge in [-0.1, -0.05) is 6.07 Å². The molecule has 1 aromatic rings. The summed E-state index contributed by atoms with van der Waals surface area (Å²) in [6.07, 6.45) is 5.04. The van der Waals surface area contributed by atoms with Crippen LogP contribution in [0.2, 0.25) is 0 Å². The molecular weight excluding hydrogens is 264 g/mol. The molecule has 0 bridgehead atoms. The number of aryl methyl sites for hydroxylation is 1. The smallest absolute Gasteiger partial charge is 0.263 e. The van der Waals surface area contributed by atoms with Crippen LogP contribution in [0.1, 0.15) is 49.8 Å².